The Bertz CT molecular complexity index is 175. The van der Waals surface area contributed by atoms with Crippen LogP contribution in [0.1, 0.15) is 27.2 Å². The van der Waals surface area contributed by atoms with Crippen LogP contribution in [0.15, 0.2) is 0 Å². The van der Waals surface area contributed by atoms with Crippen LogP contribution in [0, 0.1) is 0 Å². The fourth-order valence-corrected chi connectivity index (χ4v) is 2.33. The van der Waals surface area contributed by atoms with Crippen LogP contribution in [-0.4, -0.2) is 31.5 Å². The van der Waals surface area contributed by atoms with Crippen molar-refractivity contribution < 1.29 is 13.6 Å². The quantitative estimate of drug-likeness (QED) is 0.604. The standard InChI is InChI=1S/C8H20NO3P/c1-5-8-12-13(10,11-7-3)9(4)6-2/h5-8H2,1-4H3. The molecule has 0 aliphatic heterocycles. The summed E-state index contributed by atoms with van der Waals surface area (Å²) < 4.78 is 24.0. The summed E-state index contributed by atoms with van der Waals surface area (Å²) in [6.45, 7) is 7.24. The van der Waals surface area contributed by atoms with Gasteiger partial charge in [-0.15, -0.1) is 0 Å². The molecule has 0 aliphatic rings. The lowest BCUT2D eigenvalue weighted by atomic mass is 10.5. The van der Waals surface area contributed by atoms with E-state index < -0.39 is 7.75 Å². The molecular formula is C8H20NO3P. The molecule has 1 unspecified atom stereocenters. The van der Waals surface area contributed by atoms with Crippen LogP contribution in [0.2, 0.25) is 0 Å². The molecule has 0 bridgehead atoms. The first kappa shape index (κ1) is 13.1. The van der Waals surface area contributed by atoms with Gasteiger partial charge in [-0.25, -0.2) is 9.24 Å². The highest BCUT2D eigenvalue weighted by Gasteiger charge is 2.28. The van der Waals surface area contributed by atoms with Crippen molar-refractivity contribution in [2.45, 2.75) is 27.2 Å². The molecule has 80 valence electrons. The van der Waals surface area contributed by atoms with E-state index in [4.69, 9.17) is 9.05 Å². The van der Waals surface area contributed by atoms with Gasteiger partial charge < -0.3 is 0 Å². The minimum atomic E-state index is -2.99. The Labute approximate surface area is 80.8 Å². The van der Waals surface area contributed by atoms with E-state index in [2.05, 4.69) is 0 Å². The average Bonchev–Trinajstić information content (AvgIpc) is 2.14. The smallest absolute Gasteiger partial charge is 0.297 e. The van der Waals surface area contributed by atoms with Gasteiger partial charge in [-0.05, 0) is 20.4 Å². The van der Waals surface area contributed by atoms with Crippen molar-refractivity contribution in [2.75, 3.05) is 26.8 Å². The van der Waals surface area contributed by atoms with Crippen molar-refractivity contribution in [1.82, 2.24) is 4.67 Å². The lowest BCUT2D eigenvalue weighted by Crippen LogP contribution is -2.18. The summed E-state index contributed by atoms with van der Waals surface area (Å²) in [4.78, 5) is 0. The molecular weight excluding hydrogens is 189 g/mol. The van der Waals surface area contributed by atoms with Crippen LogP contribution in [-0.2, 0) is 13.6 Å². The molecule has 5 heteroatoms. The Morgan fingerprint density at radius 2 is 1.85 bits per heavy atom. The zero-order valence-corrected chi connectivity index (χ0v) is 9.84. The Hall–Kier alpha value is 0.110. The molecule has 0 aromatic heterocycles. The van der Waals surface area contributed by atoms with E-state index in [0.717, 1.165) is 6.42 Å². The molecule has 0 amide bonds. The fourth-order valence-electron chi connectivity index (χ4n) is 0.777. The number of hydrogen-bond acceptors (Lipinski definition) is 3. The first-order valence-corrected chi connectivity index (χ1v) is 6.21. The number of rotatable bonds is 7. The van der Waals surface area contributed by atoms with E-state index in [1.54, 1.807) is 11.7 Å². The van der Waals surface area contributed by atoms with E-state index in [-0.39, 0.29) is 0 Å². The van der Waals surface area contributed by atoms with Gasteiger partial charge in [0.05, 0.1) is 13.2 Å². The van der Waals surface area contributed by atoms with Gasteiger partial charge in [0.2, 0.25) is 0 Å². The third-order valence-corrected chi connectivity index (χ3v) is 3.84. The Kier molecular flexibility index (Phi) is 6.60. The van der Waals surface area contributed by atoms with Crippen molar-refractivity contribution in [3.63, 3.8) is 0 Å². The molecule has 0 radical (unpaired) electrons. The van der Waals surface area contributed by atoms with E-state index in [1.807, 2.05) is 20.8 Å². The molecule has 4 nitrogen and oxygen atoms in total. The number of nitrogens with zero attached hydrogens (tertiary/aromatic N) is 1. The Morgan fingerprint density at radius 1 is 1.23 bits per heavy atom. The summed E-state index contributed by atoms with van der Waals surface area (Å²) in [6.07, 6.45) is 0.842. The molecule has 0 aliphatic carbocycles. The van der Waals surface area contributed by atoms with Gasteiger partial charge in [-0.1, -0.05) is 13.8 Å². The highest BCUT2D eigenvalue weighted by molar-refractivity contribution is 7.51. The first-order valence-electron chi connectivity index (χ1n) is 4.71. The van der Waals surface area contributed by atoms with Crippen molar-refractivity contribution in [1.29, 1.82) is 0 Å². The summed E-state index contributed by atoms with van der Waals surface area (Å²) in [6, 6.07) is 0. The van der Waals surface area contributed by atoms with Crippen molar-refractivity contribution >= 4 is 7.75 Å². The average molecular weight is 209 g/mol. The molecule has 0 aromatic rings. The predicted octanol–water partition coefficient (Wildman–Crippen LogP) is 2.51. The van der Waals surface area contributed by atoms with Crippen LogP contribution < -0.4 is 0 Å². The second-order valence-electron chi connectivity index (χ2n) is 2.69. The van der Waals surface area contributed by atoms with E-state index in [0.29, 0.717) is 19.8 Å². The van der Waals surface area contributed by atoms with Gasteiger partial charge in [-0.3, -0.25) is 9.05 Å². The van der Waals surface area contributed by atoms with Crippen molar-refractivity contribution in [2.24, 2.45) is 0 Å². The normalized spacial score (nSPS) is 16.1. The Balaban J connectivity index is 4.24. The van der Waals surface area contributed by atoms with Gasteiger partial charge >= 0.3 is 7.75 Å². The molecule has 0 N–H and O–H groups in total. The molecule has 13 heavy (non-hydrogen) atoms. The lowest BCUT2D eigenvalue weighted by molar-refractivity contribution is 0.172. The highest BCUT2D eigenvalue weighted by Crippen LogP contribution is 2.50. The molecule has 0 aromatic carbocycles. The van der Waals surface area contributed by atoms with Gasteiger partial charge in [0, 0.05) is 6.54 Å². The fraction of sp³-hybridized carbons (Fsp3) is 1.00. The maximum absolute atomic E-state index is 12.0. The van der Waals surface area contributed by atoms with Crippen LogP contribution >= 0.6 is 7.75 Å². The van der Waals surface area contributed by atoms with Crippen LogP contribution in [0.5, 0.6) is 0 Å². The lowest BCUT2D eigenvalue weighted by Gasteiger charge is -2.25. The molecule has 0 saturated heterocycles. The maximum atomic E-state index is 12.0. The van der Waals surface area contributed by atoms with Crippen molar-refractivity contribution in [3.05, 3.63) is 0 Å². The summed E-state index contributed by atoms with van der Waals surface area (Å²) in [7, 11) is -1.25. The molecule has 0 saturated carbocycles. The predicted molar refractivity (Wildman–Crippen MR) is 53.8 cm³/mol. The summed E-state index contributed by atoms with van der Waals surface area (Å²) in [5.41, 5.74) is 0. The van der Waals surface area contributed by atoms with Crippen LogP contribution in [0.25, 0.3) is 0 Å². The SMILES string of the molecule is CCCOP(=O)(OCC)N(C)CC. The molecule has 0 fully saturated rings. The molecule has 1 atom stereocenters. The highest BCUT2D eigenvalue weighted by atomic mass is 31.2. The third kappa shape index (κ3) is 4.23. The summed E-state index contributed by atoms with van der Waals surface area (Å²) in [5.74, 6) is 0. The van der Waals surface area contributed by atoms with E-state index >= 15 is 0 Å². The molecule has 0 heterocycles. The van der Waals surface area contributed by atoms with Gasteiger partial charge in [0.25, 0.3) is 0 Å². The minimum Gasteiger partial charge on any atom is -0.297 e. The minimum absolute atomic E-state index is 0.408. The third-order valence-electron chi connectivity index (χ3n) is 1.63. The zero-order chi connectivity index (χ0) is 10.3. The van der Waals surface area contributed by atoms with Crippen LogP contribution in [0.4, 0.5) is 0 Å². The second-order valence-corrected chi connectivity index (χ2v) is 4.83. The molecule has 0 rings (SSSR count). The summed E-state index contributed by atoms with van der Waals surface area (Å²) >= 11 is 0. The van der Waals surface area contributed by atoms with Gasteiger partial charge in [-0.2, -0.15) is 0 Å². The van der Waals surface area contributed by atoms with Gasteiger partial charge in [0.15, 0.2) is 0 Å². The second kappa shape index (κ2) is 6.55. The van der Waals surface area contributed by atoms with Crippen LogP contribution in [0.3, 0.4) is 0 Å². The van der Waals surface area contributed by atoms with E-state index in [9.17, 15) is 4.57 Å². The molecule has 0 spiro atoms. The largest absolute Gasteiger partial charge is 0.407 e. The number of hydrogen-bond donors (Lipinski definition) is 0. The Morgan fingerprint density at radius 3 is 2.23 bits per heavy atom. The zero-order valence-electron chi connectivity index (χ0n) is 8.95. The van der Waals surface area contributed by atoms with E-state index in [1.165, 1.54) is 0 Å². The van der Waals surface area contributed by atoms with Crippen molar-refractivity contribution in [3.8, 4) is 0 Å². The van der Waals surface area contributed by atoms with Gasteiger partial charge in [0.1, 0.15) is 0 Å². The maximum Gasteiger partial charge on any atom is 0.407 e. The topological polar surface area (TPSA) is 38.8 Å². The first-order chi connectivity index (χ1) is 6.10. The monoisotopic (exact) mass is 209 g/mol. The summed E-state index contributed by atoms with van der Waals surface area (Å²) in [5, 5.41) is 0.